The highest BCUT2D eigenvalue weighted by molar-refractivity contribution is 5.50. The highest BCUT2D eigenvalue weighted by atomic mass is 16.5. The SMILES string of the molecule is C=C1CCN(c2ccccc2)[C@@H](c2ccc(O)cc2)[C@@H](C)[C@@H](C)C1OCc1ccccc1. The lowest BCUT2D eigenvalue weighted by atomic mass is 9.77. The number of phenols is 1. The van der Waals surface area contributed by atoms with E-state index in [1.807, 2.05) is 6.07 Å². The zero-order valence-electron chi connectivity index (χ0n) is 19.0. The second kappa shape index (κ2) is 10.1. The van der Waals surface area contributed by atoms with Crippen LogP contribution in [0.4, 0.5) is 5.69 Å². The minimum atomic E-state index is 0.00254. The molecule has 0 aliphatic carbocycles. The van der Waals surface area contributed by atoms with E-state index in [9.17, 15) is 5.11 Å². The van der Waals surface area contributed by atoms with Crippen molar-refractivity contribution < 1.29 is 9.84 Å². The molecule has 0 saturated carbocycles. The van der Waals surface area contributed by atoms with Gasteiger partial charge in [-0.25, -0.2) is 0 Å². The van der Waals surface area contributed by atoms with Gasteiger partial charge >= 0.3 is 0 Å². The van der Waals surface area contributed by atoms with Crippen LogP contribution in [0.25, 0.3) is 0 Å². The minimum absolute atomic E-state index is 0.00254. The normalized spacial score (nSPS) is 24.1. The predicted molar refractivity (Wildman–Crippen MR) is 132 cm³/mol. The minimum Gasteiger partial charge on any atom is -0.508 e. The largest absolute Gasteiger partial charge is 0.508 e. The maximum atomic E-state index is 9.87. The Hall–Kier alpha value is -3.04. The van der Waals surface area contributed by atoms with Gasteiger partial charge in [0.25, 0.3) is 0 Å². The molecule has 1 aliphatic rings. The number of aromatic hydroxyl groups is 1. The predicted octanol–water partition coefficient (Wildman–Crippen LogP) is 6.76. The fourth-order valence-electron chi connectivity index (χ4n) is 4.86. The van der Waals surface area contributed by atoms with E-state index in [1.54, 1.807) is 12.1 Å². The van der Waals surface area contributed by atoms with Crippen LogP contribution in [0.1, 0.15) is 37.4 Å². The highest BCUT2D eigenvalue weighted by Crippen LogP contribution is 2.42. The molecule has 32 heavy (non-hydrogen) atoms. The second-order valence-corrected chi connectivity index (χ2v) is 8.91. The van der Waals surface area contributed by atoms with Crippen molar-refractivity contribution in [2.75, 3.05) is 11.4 Å². The lowest BCUT2D eigenvalue weighted by molar-refractivity contribution is 0.00543. The van der Waals surface area contributed by atoms with Crippen LogP contribution in [0.5, 0.6) is 5.75 Å². The Morgan fingerprint density at radius 3 is 2.16 bits per heavy atom. The van der Waals surface area contributed by atoms with E-state index >= 15 is 0 Å². The van der Waals surface area contributed by atoms with E-state index in [1.165, 1.54) is 16.8 Å². The number of hydrogen-bond acceptors (Lipinski definition) is 3. The third-order valence-corrected chi connectivity index (χ3v) is 6.81. The van der Waals surface area contributed by atoms with Crippen molar-refractivity contribution in [2.24, 2.45) is 11.8 Å². The molecule has 166 valence electrons. The van der Waals surface area contributed by atoms with Crippen molar-refractivity contribution in [1.29, 1.82) is 0 Å². The summed E-state index contributed by atoms with van der Waals surface area (Å²) in [5.74, 6) is 0.873. The van der Waals surface area contributed by atoms with Crippen LogP contribution in [0, 0.1) is 11.8 Å². The van der Waals surface area contributed by atoms with Gasteiger partial charge in [0.05, 0.1) is 18.8 Å². The fourth-order valence-corrected chi connectivity index (χ4v) is 4.86. The molecule has 1 N–H and O–H groups in total. The van der Waals surface area contributed by atoms with Crippen molar-refractivity contribution in [3.63, 3.8) is 0 Å². The Morgan fingerprint density at radius 2 is 1.50 bits per heavy atom. The third-order valence-electron chi connectivity index (χ3n) is 6.81. The van der Waals surface area contributed by atoms with E-state index in [2.05, 4.69) is 92.1 Å². The number of nitrogens with zero attached hydrogens (tertiary/aromatic N) is 1. The van der Waals surface area contributed by atoms with Crippen molar-refractivity contribution in [1.82, 2.24) is 0 Å². The smallest absolute Gasteiger partial charge is 0.115 e. The summed E-state index contributed by atoms with van der Waals surface area (Å²) in [6.07, 6.45) is 0.878. The van der Waals surface area contributed by atoms with Gasteiger partial charge in [-0.15, -0.1) is 0 Å². The number of hydrogen-bond donors (Lipinski definition) is 1. The first-order valence-electron chi connectivity index (χ1n) is 11.5. The zero-order chi connectivity index (χ0) is 22.5. The number of rotatable bonds is 5. The van der Waals surface area contributed by atoms with E-state index < -0.39 is 0 Å². The summed E-state index contributed by atoms with van der Waals surface area (Å²) in [6.45, 7) is 10.5. The van der Waals surface area contributed by atoms with Crippen LogP contribution < -0.4 is 4.90 Å². The molecule has 3 aromatic carbocycles. The van der Waals surface area contributed by atoms with Gasteiger partial charge in [-0.05, 0) is 59.2 Å². The maximum absolute atomic E-state index is 9.87. The molecule has 0 radical (unpaired) electrons. The molecule has 3 heteroatoms. The summed E-state index contributed by atoms with van der Waals surface area (Å²) in [5.41, 5.74) is 4.76. The number of anilines is 1. The van der Waals surface area contributed by atoms with Gasteiger partial charge in [0, 0.05) is 12.2 Å². The van der Waals surface area contributed by atoms with Gasteiger partial charge in [0.1, 0.15) is 5.75 Å². The molecule has 0 aromatic heterocycles. The fraction of sp³-hybridized carbons (Fsp3) is 0.310. The number of para-hydroxylation sites is 1. The third kappa shape index (κ3) is 4.89. The lowest BCUT2D eigenvalue weighted by Crippen LogP contribution is -2.43. The molecule has 4 rings (SSSR count). The number of ether oxygens (including phenoxy) is 1. The number of benzene rings is 3. The van der Waals surface area contributed by atoms with Crippen molar-refractivity contribution >= 4 is 5.69 Å². The molecule has 1 heterocycles. The monoisotopic (exact) mass is 427 g/mol. The van der Waals surface area contributed by atoms with E-state index in [0.717, 1.165) is 18.5 Å². The van der Waals surface area contributed by atoms with E-state index in [0.29, 0.717) is 18.3 Å². The summed E-state index contributed by atoms with van der Waals surface area (Å²) in [5, 5.41) is 9.87. The summed E-state index contributed by atoms with van der Waals surface area (Å²) < 4.78 is 6.49. The zero-order valence-corrected chi connectivity index (χ0v) is 19.0. The Bertz CT molecular complexity index is 1000. The first-order chi connectivity index (χ1) is 15.5. The standard InChI is InChI=1S/C29H33NO2/c1-21-18-19-30(26-12-8-5-9-13-26)28(25-14-16-27(31)17-15-25)22(2)23(3)29(21)32-20-24-10-6-4-7-11-24/h4-17,22-23,28-29,31H,1,18-20H2,2-3H3/t22-,23+,28+,29?/m0/s1. The molecule has 0 amide bonds. The van der Waals surface area contributed by atoms with E-state index in [4.69, 9.17) is 4.74 Å². The van der Waals surface area contributed by atoms with Crippen molar-refractivity contribution in [2.45, 2.75) is 39.0 Å². The van der Waals surface area contributed by atoms with Crippen LogP contribution in [0.15, 0.2) is 97.1 Å². The van der Waals surface area contributed by atoms with Gasteiger partial charge in [0.2, 0.25) is 0 Å². The topological polar surface area (TPSA) is 32.7 Å². The van der Waals surface area contributed by atoms with Gasteiger partial charge < -0.3 is 14.7 Å². The van der Waals surface area contributed by atoms with Gasteiger partial charge in [0.15, 0.2) is 0 Å². The van der Waals surface area contributed by atoms with Crippen molar-refractivity contribution in [3.8, 4) is 5.75 Å². The molecule has 1 unspecified atom stereocenters. The average molecular weight is 428 g/mol. The molecule has 3 aromatic rings. The van der Waals surface area contributed by atoms with Gasteiger partial charge in [-0.2, -0.15) is 0 Å². The van der Waals surface area contributed by atoms with Crippen LogP contribution >= 0.6 is 0 Å². The van der Waals surface area contributed by atoms with E-state index in [-0.39, 0.29) is 18.1 Å². The first-order valence-corrected chi connectivity index (χ1v) is 11.5. The summed E-state index contributed by atoms with van der Waals surface area (Å²) in [4.78, 5) is 2.49. The molecule has 3 nitrogen and oxygen atoms in total. The summed E-state index contributed by atoms with van der Waals surface area (Å²) in [6, 6.07) is 28.8. The Kier molecular flexibility index (Phi) is 6.96. The highest BCUT2D eigenvalue weighted by Gasteiger charge is 2.37. The van der Waals surface area contributed by atoms with Crippen molar-refractivity contribution in [3.05, 3.63) is 108 Å². The number of phenolic OH excluding ortho intramolecular Hbond substituents is 1. The molecular formula is C29H33NO2. The quantitative estimate of drug-likeness (QED) is 0.457. The first kappa shape index (κ1) is 22.2. The molecule has 4 atom stereocenters. The van der Waals surface area contributed by atoms with Crippen LogP contribution in [-0.2, 0) is 11.3 Å². The average Bonchev–Trinajstić information content (AvgIpc) is 2.83. The van der Waals surface area contributed by atoms with Crippen LogP contribution in [0.2, 0.25) is 0 Å². The lowest BCUT2D eigenvalue weighted by Gasteiger charge is -2.45. The second-order valence-electron chi connectivity index (χ2n) is 8.91. The molecular weight excluding hydrogens is 394 g/mol. The Balaban J connectivity index is 1.66. The summed E-state index contributed by atoms with van der Waals surface area (Å²) in [7, 11) is 0. The molecule has 0 spiro atoms. The molecule has 1 aliphatic heterocycles. The Morgan fingerprint density at radius 1 is 0.875 bits per heavy atom. The van der Waals surface area contributed by atoms with Crippen LogP contribution in [0.3, 0.4) is 0 Å². The maximum Gasteiger partial charge on any atom is 0.115 e. The summed E-state index contributed by atoms with van der Waals surface area (Å²) >= 11 is 0. The van der Waals surface area contributed by atoms with Gasteiger partial charge in [-0.1, -0.05) is 81.1 Å². The Labute approximate surface area is 192 Å². The molecule has 1 saturated heterocycles. The van der Waals surface area contributed by atoms with Crippen LogP contribution in [-0.4, -0.2) is 17.8 Å². The molecule has 1 fully saturated rings. The molecule has 0 bridgehead atoms. The van der Waals surface area contributed by atoms with Gasteiger partial charge in [-0.3, -0.25) is 0 Å².